The summed E-state index contributed by atoms with van der Waals surface area (Å²) in [6, 6.07) is 6.36. The molecule has 0 bridgehead atoms. The molecule has 2 rings (SSSR count). The monoisotopic (exact) mass is 275 g/mol. The Morgan fingerprint density at radius 3 is 2.80 bits per heavy atom. The number of hydrogen-bond acceptors (Lipinski definition) is 3. The van der Waals surface area contributed by atoms with Gasteiger partial charge in [0.15, 0.2) is 0 Å². The van der Waals surface area contributed by atoms with Crippen LogP contribution >= 0.6 is 0 Å². The number of benzene rings is 1. The largest absolute Gasteiger partial charge is 0.392 e. The van der Waals surface area contributed by atoms with Crippen LogP contribution in [-0.4, -0.2) is 26.7 Å². The normalized spacial score (nSPS) is 11.8. The Balaban J connectivity index is 1.92. The van der Waals surface area contributed by atoms with E-state index in [1.807, 2.05) is 13.1 Å². The second-order valence-electron chi connectivity index (χ2n) is 4.77. The average molecular weight is 275 g/mol. The summed E-state index contributed by atoms with van der Waals surface area (Å²) in [4.78, 5) is 0. The summed E-state index contributed by atoms with van der Waals surface area (Å²) in [7, 11) is 0. The van der Waals surface area contributed by atoms with Gasteiger partial charge in [-0.3, -0.25) is 0 Å². The predicted molar refractivity (Wildman–Crippen MR) is 74.7 cm³/mol. The first kappa shape index (κ1) is 14.4. The van der Waals surface area contributed by atoms with Crippen molar-refractivity contribution in [1.82, 2.24) is 15.0 Å². The summed E-state index contributed by atoms with van der Waals surface area (Å²) in [5.41, 5.74) is 3.04. The number of hydrogen-bond donors (Lipinski definition) is 1. The van der Waals surface area contributed by atoms with Crippen LogP contribution in [-0.2, 0) is 13.0 Å². The number of aryl methyl sites for hydroxylation is 1. The number of halogens is 1. The third kappa shape index (κ3) is 4.28. The number of aliphatic hydroxyl groups is 1. The van der Waals surface area contributed by atoms with Crippen molar-refractivity contribution in [3.8, 4) is 0 Å². The van der Waals surface area contributed by atoms with Gasteiger partial charge in [0.25, 0.3) is 0 Å². The predicted octanol–water partition coefficient (Wildman–Crippen LogP) is 2.34. The van der Waals surface area contributed by atoms with Crippen molar-refractivity contribution in [3.05, 3.63) is 59.2 Å². The van der Waals surface area contributed by atoms with Gasteiger partial charge >= 0.3 is 0 Å². The highest BCUT2D eigenvalue weighted by Crippen LogP contribution is 2.08. The van der Waals surface area contributed by atoms with Crippen molar-refractivity contribution in [1.29, 1.82) is 0 Å². The summed E-state index contributed by atoms with van der Waals surface area (Å²) in [6.45, 7) is 2.64. The molecule has 4 nitrogen and oxygen atoms in total. The quantitative estimate of drug-likeness (QED) is 0.823. The second-order valence-corrected chi connectivity index (χ2v) is 4.77. The van der Waals surface area contributed by atoms with Gasteiger partial charge in [0.05, 0.1) is 18.8 Å². The van der Waals surface area contributed by atoms with E-state index in [4.69, 9.17) is 5.11 Å². The Morgan fingerprint density at radius 2 is 2.10 bits per heavy atom. The van der Waals surface area contributed by atoms with Gasteiger partial charge in [0.2, 0.25) is 0 Å². The van der Waals surface area contributed by atoms with Crippen molar-refractivity contribution >= 4 is 0 Å². The molecular weight excluding hydrogens is 257 g/mol. The summed E-state index contributed by atoms with van der Waals surface area (Å²) in [6.07, 6.45) is 5.35. The Morgan fingerprint density at radius 1 is 1.35 bits per heavy atom. The molecule has 2 aromatic rings. The van der Waals surface area contributed by atoms with Gasteiger partial charge in [-0.2, -0.15) is 0 Å². The summed E-state index contributed by atoms with van der Waals surface area (Å²) in [5.74, 6) is -0.237. The molecule has 0 saturated carbocycles. The average Bonchev–Trinajstić information content (AvgIpc) is 2.87. The van der Waals surface area contributed by atoms with Crippen LogP contribution in [0.4, 0.5) is 4.39 Å². The first-order valence-electron chi connectivity index (χ1n) is 6.57. The van der Waals surface area contributed by atoms with E-state index in [1.165, 1.54) is 12.1 Å². The molecule has 0 spiro atoms. The molecule has 0 aliphatic carbocycles. The molecular formula is C15H18FN3O. The molecule has 0 saturated heterocycles. The van der Waals surface area contributed by atoms with Gasteiger partial charge in [-0.25, -0.2) is 9.07 Å². The van der Waals surface area contributed by atoms with E-state index in [0.717, 1.165) is 29.7 Å². The van der Waals surface area contributed by atoms with Crippen LogP contribution in [0.5, 0.6) is 0 Å². The number of allylic oxidation sites excluding steroid dienone is 1. The lowest BCUT2D eigenvalue weighted by Crippen LogP contribution is -2.00. The van der Waals surface area contributed by atoms with Crippen LogP contribution in [0.25, 0.3) is 0 Å². The van der Waals surface area contributed by atoms with Crippen molar-refractivity contribution in [2.75, 3.05) is 6.61 Å². The fourth-order valence-corrected chi connectivity index (χ4v) is 1.89. The zero-order valence-electron chi connectivity index (χ0n) is 11.5. The molecule has 0 aliphatic rings. The van der Waals surface area contributed by atoms with Crippen LogP contribution in [0.2, 0.25) is 0 Å². The summed E-state index contributed by atoms with van der Waals surface area (Å²) < 4.78 is 14.6. The highest BCUT2D eigenvalue weighted by atomic mass is 19.1. The maximum absolute atomic E-state index is 12.8. The topological polar surface area (TPSA) is 50.9 Å². The second kappa shape index (κ2) is 6.96. The molecule has 1 heterocycles. The number of rotatable bonds is 6. The fraction of sp³-hybridized carbons (Fsp3) is 0.333. The SMILES string of the molecule is C/C(=C\CO)CCc1cn(Cc2ccc(F)cc2)nn1. The first-order chi connectivity index (χ1) is 9.67. The fourth-order valence-electron chi connectivity index (χ4n) is 1.89. The standard InChI is InChI=1S/C15H18FN3O/c1-12(8-9-20)2-7-15-11-19(18-17-15)10-13-3-5-14(16)6-4-13/h3-6,8,11,20H,2,7,9-10H2,1H3/b12-8+. The van der Waals surface area contributed by atoms with Crippen LogP contribution in [0.15, 0.2) is 42.1 Å². The number of aliphatic hydroxyl groups excluding tert-OH is 1. The van der Waals surface area contributed by atoms with Crippen LogP contribution in [0.3, 0.4) is 0 Å². The Kier molecular flexibility index (Phi) is 5.01. The zero-order valence-corrected chi connectivity index (χ0v) is 11.5. The van der Waals surface area contributed by atoms with Crippen molar-refractivity contribution in [2.24, 2.45) is 0 Å². The molecule has 0 aliphatic heterocycles. The third-order valence-corrected chi connectivity index (χ3v) is 3.06. The van der Waals surface area contributed by atoms with Crippen LogP contribution in [0.1, 0.15) is 24.6 Å². The van der Waals surface area contributed by atoms with E-state index in [2.05, 4.69) is 10.3 Å². The molecule has 0 amide bonds. The van der Waals surface area contributed by atoms with Gasteiger partial charge in [-0.05, 0) is 37.5 Å². The highest BCUT2D eigenvalue weighted by molar-refractivity contribution is 5.16. The molecule has 1 aromatic heterocycles. The summed E-state index contributed by atoms with van der Waals surface area (Å²) in [5, 5.41) is 17.0. The lowest BCUT2D eigenvalue weighted by Gasteiger charge is -2.00. The van der Waals surface area contributed by atoms with E-state index in [9.17, 15) is 4.39 Å². The van der Waals surface area contributed by atoms with E-state index in [1.54, 1.807) is 22.9 Å². The molecule has 5 heteroatoms. The smallest absolute Gasteiger partial charge is 0.123 e. The van der Waals surface area contributed by atoms with E-state index >= 15 is 0 Å². The van der Waals surface area contributed by atoms with Gasteiger partial charge in [-0.1, -0.05) is 29.0 Å². The van der Waals surface area contributed by atoms with Gasteiger partial charge < -0.3 is 5.11 Å². The van der Waals surface area contributed by atoms with Crippen molar-refractivity contribution in [2.45, 2.75) is 26.3 Å². The molecule has 0 unspecified atom stereocenters. The van der Waals surface area contributed by atoms with Crippen molar-refractivity contribution < 1.29 is 9.50 Å². The van der Waals surface area contributed by atoms with Gasteiger partial charge in [0.1, 0.15) is 5.82 Å². The van der Waals surface area contributed by atoms with E-state index in [-0.39, 0.29) is 12.4 Å². The van der Waals surface area contributed by atoms with Gasteiger partial charge in [-0.15, -0.1) is 5.10 Å². The third-order valence-electron chi connectivity index (χ3n) is 3.06. The van der Waals surface area contributed by atoms with Crippen molar-refractivity contribution in [3.63, 3.8) is 0 Å². The van der Waals surface area contributed by atoms with E-state index < -0.39 is 0 Å². The Labute approximate surface area is 117 Å². The molecule has 0 radical (unpaired) electrons. The molecule has 20 heavy (non-hydrogen) atoms. The molecule has 1 N–H and O–H groups in total. The Hall–Kier alpha value is -2.01. The van der Waals surface area contributed by atoms with Crippen LogP contribution in [0, 0.1) is 5.82 Å². The minimum absolute atomic E-state index is 0.0725. The molecule has 1 aromatic carbocycles. The number of nitrogens with zero attached hydrogens (tertiary/aromatic N) is 3. The van der Waals surface area contributed by atoms with E-state index in [0.29, 0.717) is 6.54 Å². The molecule has 0 fully saturated rings. The first-order valence-corrected chi connectivity index (χ1v) is 6.57. The lowest BCUT2D eigenvalue weighted by molar-refractivity contribution is 0.341. The van der Waals surface area contributed by atoms with Crippen LogP contribution < -0.4 is 0 Å². The molecule has 106 valence electrons. The molecule has 0 atom stereocenters. The maximum Gasteiger partial charge on any atom is 0.123 e. The van der Waals surface area contributed by atoms with Gasteiger partial charge in [0, 0.05) is 6.20 Å². The minimum atomic E-state index is -0.237. The zero-order chi connectivity index (χ0) is 14.4. The highest BCUT2D eigenvalue weighted by Gasteiger charge is 2.02. The summed E-state index contributed by atoms with van der Waals surface area (Å²) >= 11 is 0. The maximum atomic E-state index is 12.8. The number of aromatic nitrogens is 3. The lowest BCUT2D eigenvalue weighted by atomic mass is 10.1. The Bertz CT molecular complexity index is 575. The minimum Gasteiger partial charge on any atom is -0.392 e.